The third-order valence-electron chi connectivity index (χ3n) is 4.53. The SMILES string of the molecule is CC[C@H]1CN(C(=O)c2cccc(OCc3c(C)noc3C)c2)CCO1. The number of hydrogen-bond acceptors (Lipinski definition) is 5. The number of ether oxygens (including phenoxy) is 2. The second-order valence-electron chi connectivity index (χ2n) is 6.27. The quantitative estimate of drug-likeness (QED) is 0.834. The number of benzene rings is 1. The Morgan fingerprint density at radius 2 is 2.24 bits per heavy atom. The summed E-state index contributed by atoms with van der Waals surface area (Å²) in [4.78, 5) is 14.6. The van der Waals surface area contributed by atoms with Crippen molar-refractivity contribution in [2.75, 3.05) is 19.7 Å². The minimum Gasteiger partial charge on any atom is -0.489 e. The largest absolute Gasteiger partial charge is 0.489 e. The summed E-state index contributed by atoms with van der Waals surface area (Å²) in [5.41, 5.74) is 2.40. The second kappa shape index (κ2) is 7.70. The van der Waals surface area contributed by atoms with E-state index in [1.165, 1.54) is 0 Å². The molecule has 0 spiro atoms. The van der Waals surface area contributed by atoms with Gasteiger partial charge < -0.3 is 18.9 Å². The summed E-state index contributed by atoms with van der Waals surface area (Å²) in [6.45, 7) is 8.04. The normalized spacial score (nSPS) is 17.6. The molecule has 0 unspecified atom stereocenters. The van der Waals surface area contributed by atoms with Gasteiger partial charge in [-0.15, -0.1) is 0 Å². The zero-order valence-electron chi connectivity index (χ0n) is 14.9. The molecule has 134 valence electrons. The van der Waals surface area contributed by atoms with E-state index in [1.807, 2.05) is 36.9 Å². The lowest BCUT2D eigenvalue weighted by molar-refractivity contribution is -0.0226. The number of rotatable bonds is 5. The van der Waals surface area contributed by atoms with Gasteiger partial charge in [0.25, 0.3) is 5.91 Å². The van der Waals surface area contributed by atoms with E-state index in [0.717, 1.165) is 23.4 Å². The van der Waals surface area contributed by atoms with E-state index in [2.05, 4.69) is 12.1 Å². The van der Waals surface area contributed by atoms with E-state index in [0.29, 0.717) is 37.6 Å². The average Bonchev–Trinajstić information content (AvgIpc) is 2.97. The Morgan fingerprint density at radius 3 is 2.96 bits per heavy atom. The first kappa shape index (κ1) is 17.5. The zero-order valence-corrected chi connectivity index (χ0v) is 14.9. The molecule has 1 aliphatic rings. The van der Waals surface area contributed by atoms with Crippen LogP contribution in [0, 0.1) is 13.8 Å². The van der Waals surface area contributed by atoms with Crippen molar-refractivity contribution < 1.29 is 18.8 Å². The lowest BCUT2D eigenvalue weighted by Crippen LogP contribution is -2.45. The monoisotopic (exact) mass is 344 g/mol. The van der Waals surface area contributed by atoms with Gasteiger partial charge in [0.05, 0.1) is 24.0 Å². The molecule has 2 heterocycles. The fraction of sp³-hybridized carbons (Fsp3) is 0.474. The minimum absolute atomic E-state index is 0.0181. The number of aryl methyl sites for hydroxylation is 2. The average molecular weight is 344 g/mol. The van der Waals surface area contributed by atoms with Gasteiger partial charge in [-0.2, -0.15) is 0 Å². The summed E-state index contributed by atoms with van der Waals surface area (Å²) in [6, 6.07) is 7.30. The van der Waals surface area contributed by atoms with Gasteiger partial charge in [0.15, 0.2) is 0 Å². The molecule has 6 nitrogen and oxygen atoms in total. The molecule has 1 aliphatic heterocycles. The van der Waals surface area contributed by atoms with Gasteiger partial charge in [0.2, 0.25) is 0 Å². The first-order valence-corrected chi connectivity index (χ1v) is 8.64. The summed E-state index contributed by atoms with van der Waals surface area (Å²) < 4.78 is 16.6. The highest BCUT2D eigenvalue weighted by Gasteiger charge is 2.24. The molecule has 0 radical (unpaired) electrons. The van der Waals surface area contributed by atoms with Crippen molar-refractivity contribution in [3.05, 3.63) is 46.8 Å². The number of aromatic nitrogens is 1. The Balaban J connectivity index is 1.67. The van der Waals surface area contributed by atoms with Crippen LogP contribution in [-0.4, -0.2) is 41.8 Å². The van der Waals surface area contributed by atoms with Gasteiger partial charge in [-0.1, -0.05) is 18.1 Å². The predicted octanol–water partition coefficient (Wildman–Crippen LogP) is 3.12. The smallest absolute Gasteiger partial charge is 0.254 e. The van der Waals surface area contributed by atoms with E-state index < -0.39 is 0 Å². The molecule has 0 saturated carbocycles. The molecule has 2 aromatic rings. The lowest BCUT2D eigenvalue weighted by Gasteiger charge is -2.32. The van der Waals surface area contributed by atoms with E-state index >= 15 is 0 Å². The molecule has 1 saturated heterocycles. The number of amides is 1. The number of carbonyl (C=O) groups excluding carboxylic acids is 1. The molecule has 6 heteroatoms. The molecule has 3 rings (SSSR count). The van der Waals surface area contributed by atoms with Crippen LogP contribution in [0.2, 0.25) is 0 Å². The maximum absolute atomic E-state index is 12.7. The van der Waals surface area contributed by atoms with Gasteiger partial charge >= 0.3 is 0 Å². The molecule has 0 bridgehead atoms. The molecule has 25 heavy (non-hydrogen) atoms. The highest BCUT2D eigenvalue weighted by Crippen LogP contribution is 2.20. The summed E-state index contributed by atoms with van der Waals surface area (Å²) in [5.74, 6) is 1.43. The van der Waals surface area contributed by atoms with E-state index in [-0.39, 0.29) is 12.0 Å². The minimum atomic E-state index is 0.0181. The van der Waals surface area contributed by atoms with Crippen LogP contribution in [0.3, 0.4) is 0 Å². The molecule has 1 aromatic heterocycles. The van der Waals surface area contributed by atoms with Crippen molar-refractivity contribution in [1.29, 1.82) is 0 Å². The van der Waals surface area contributed by atoms with Crippen LogP contribution < -0.4 is 4.74 Å². The topological polar surface area (TPSA) is 64.8 Å². The molecule has 1 amide bonds. The Bertz CT molecular complexity index is 721. The number of carbonyl (C=O) groups is 1. The predicted molar refractivity (Wildman–Crippen MR) is 92.7 cm³/mol. The van der Waals surface area contributed by atoms with E-state index in [9.17, 15) is 4.79 Å². The molecule has 1 fully saturated rings. The summed E-state index contributed by atoms with van der Waals surface area (Å²) in [6.07, 6.45) is 1.03. The Hall–Kier alpha value is -2.34. The number of nitrogens with zero attached hydrogens (tertiary/aromatic N) is 2. The molecule has 1 aromatic carbocycles. The first-order valence-electron chi connectivity index (χ1n) is 8.64. The van der Waals surface area contributed by atoms with Crippen molar-refractivity contribution in [1.82, 2.24) is 10.1 Å². The zero-order chi connectivity index (χ0) is 17.8. The molecular formula is C19H24N2O4. The van der Waals surface area contributed by atoms with Gasteiger partial charge in [0, 0.05) is 18.7 Å². The third-order valence-corrected chi connectivity index (χ3v) is 4.53. The van der Waals surface area contributed by atoms with Crippen molar-refractivity contribution >= 4 is 5.91 Å². The fourth-order valence-electron chi connectivity index (χ4n) is 2.92. The number of hydrogen-bond donors (Lipinski definition) is 0. The van der Waals surface area contributed by atoms with Crippen LogP contribution in [0.5, 0.6) is 5.75 Å². The van der Waals surface area contributed by atoms with Gasteiger partial charge in [-0.25, -0.2) is 0 Å². The van der Waals surface area contributed by atoms with Crippen LogP contribution in [0.15, 0.2) is 28.8 Å². The van der Waals surface area contributed by atoms with E-state index in [1.54, 1.807) is 6.07 Å². The first-order chi connectivity index (χ1) is 12.1. The Labute approximate surface area is 147 Å². The summed E-state index contributed by atoms with van der Waals surface area (Å²) in [7, 11) is 0. The molecule has 1 atom stereocenters. The summed E-state index contributed by atoms with van der Waals surface area (Å²) >= 11 is 0. The Kier molecular flexibility index (Phi) is 5.38. The van der Waals surface area contributed by atoms with Crippen LogP contribution in [0.25, 0.3) is 0 Å². The van der Waals surface area contributed by atoms with Crippen molar-refractivity contribution in [3.63, 3.8) is 0 Å². The second-order valence-corrected chi connectivity index (χ2v) is 6.27. The maximum Gasteiger partial charge on any atom is 0.254 e. The van der Waals surface area contributed by atoms with Crippen LogP contribution >= 0.6 is 0 Å². The highest BCUT2D eigenvalue weighted by molar-refractivity contribution is 5.94. The Morgan fingerprint density at radius 1 is 1.40 bits per heavy atom. The van der Waals surface area contributed by atoms with Crippen LogP contribution in [0.4, 0.5) is 0 Å². The summed E-state index contributed by atoms with van der Waals surface area (Å²) in [5, 5.41) is 3.92. The fourth-order valence-corrected chi connectivity index (χ4v) is 2.92. The maximum atomic E-state index is 12.7. The molecule has 0 aliphatic carbocycles. The van der Waals surface area contributed by atoms with Crippen LogP contribution in [-0.2, 0) is 11.3 Å². The van der Waals surface area contributed by atoms with Crippen molar-refractivity contribution in [2.45, 2.75) is 39.9 Å². The van der Waals surface area contributed by atoms with E-state index in [4.69, 9.17) is 14.0 Å². The van der Waals surface area contributed by atoms with Crippen molar-refractivity contribution in [3.8, 4) is 5.75 Å². The standard InChI is InChI=1S/C19H24N2O4/c1-4-16-11-21(8-9-23-16)19(22)15-6-5-7-17(10-15)24-12-18-13(2)20-25-14(18)3/h5-7,10,16H,4,8-9,11-12H2,1-3H3/t16-/m0/s1. The highest BCUT2D eigenvalue weighted by atomic mass is 16.5. The van der Waals surface area contributed by atoms with Gasteiger partial charge in [-0.05, 0) is 38.5 Å². The van der Waals surface area contributed by atoms with Crippen molar-refractivity contribution in [2.24, 2.45) is 0 Å². The van der Waals surface area contributed by atoms with Crippen LogP contribution in [0.1, 0.15) is 40.7 Å². The molecular weight excluding hydrogens is 320 g/mol. The third kappa shape index (κ3) is 4.02. The van der Waals surface area contributed by atoms with Gasteiger partial charge in [0.1, 0.15) is 18.1 Å². The van der Waals surface area contributed by atoms with Gasteiger partial charge in [-0.3, -0.25) is 4.79 Å². The molecule has 0 N–H and O–H groups in total. The number of morpholine rings is 1. The lowest BCUT2D eigenvalue weighted by atomic mass is 10.1.